The Bertz CT molecular complexity index is 1060. The molecule has 0 atom stereocenters. The highest BCUT2D eigenvalue weighted by Gasteiger charge is 2.30. The Morgan fingerprint density at radius 1 is 1.16 bits per heavy atom. The summed E-state index contributed by atoms with van der Waals surface area (Å²) >= 11 is 14.4. The van der Waals surface area contributed by atoms with Gasteiger partial charge in [0, 0.05) is 11.5 Å². The van der Waals surface area contributed by atoms with Crippen LogP contribution in [-0.4, -0.2) is 36.2 Å². The van der Waals surface area contributed by atoms with E-state index >= 15 is 0 Å². The van der Waals surface area contributed by atoms with Crippen LogP contribution in [0.1, 0.15) is 25.8 Å². The number of aliphatic imine (C=N–C) groups is 1. The number of halogens is 3. The number of nitrogens with zero attached hydrogens (tertiary/aromatic N) is 2. The number of amides is 1. The lowest BCUT2D eigenvalue weighted by atomic mass is 10.2. The zero-order chi connectivity index (χ0) is 22.5. The minimum Gasteiger partial charge on any atom is -0.490 e. The standard InChI is InChI=1S/C22H21Br2ClN2O3S/c1-4-8-30-20-16(24)9-13(10-18(20)29-5-2)11-19-21(28)27(3)22(31-19)26-14-6-7-15(23)17(25)12-14/h6-7,9-12H,4-5,8H2,1-3H3/b19-11+,26-22?. The maximum absolute atomic E-state index is 12.8. The van der Waals surface area contributed by atoms with Crippen molar-refractivity contribution in [1.29, 1.82) is 0 Å². The summed E-state index contributed by atoms with van der Waals surface area (Å²) in [5.41, 5.74) is 1.51. The Hall–Kier alpha value is -1.48. The van der Waals surface area contributed by atoms with Crippen molar-refractivity contribution in [3.63, 3.8) is 0 Å². The summed E-state index contributed by atoms with van der Waals surface area (Å²) in [7, 11) is 1.71. The number of likely N-dealkylation sites (N-methyl/N-ethyl adjacent to an activating group) is 1. The molecule has 0 aliphatic carbocycles. The quantitative estimate of drug-likeness (QED) is 0.319. The number of carbonyl (C=O) groups is 1. The Morgan fingerprint density at radius 2 is 1.94 bits per heavy atom. The van der Waals surface area contributed by atoms with Gasteiger partial charge < -0.3 is 9.47 Å². The minimum atomic E-state index is -0.118. The van der Waals surface area contributed by atoms with Gasteiger partial charge in [0.25, 0.3) is 5.91 Å². The van der Waals surface area contributed by atoms with Crippen LogP contribution in [0.5, 0.6) is 11.5 Å². The number of hydrogen-bond donors (Lipinski definition) is 0. The van der Waals surface area contributed by atoms with Crippen LogP contribution in [0.25, 0.3) is 6.08 Å². The van der Waals surface area contributed by atoms with Gasteiger partial charge in [-0.05, 0) is 98.9 Å². The molecular formula is C22H21Br2ClN2O3S. The van der Waals surface area contributed by atoms with E-state index in [-0.39, 0.29) is 5.91 Å². The summed E-state index contributed by atoms with van der Waals surface area (Å²) in [5, 5.41) is 1.15. The van der Waals surface area contributed by atoms with E-state index in [9.17, 15) is 4.79 Å². The van der Waals surface area contributed by atoms with Gasteiger partial charge in [-0.1, -0.05) is 18.5 Å². The second kappa shape index (κ2) is 10.9. The molecule has 1 saturated heterocycles. The molecule has 9 heteroatoms. The number of ether oxygens (including phenoxy) is 2. The number of benzene rings is 2. The summed E-state index contributed by atoms with van der Waals surface area (Å²) < 4.78 is 13.2. The van der Waals surface area contributed by atoms with Crippen molar-refractivity contribution in [3.8, 4) is 11.5 Å². The van der Waals surface area contributed by atoms with Crippen molar-refractivity contribution in [2.45, 2.75) is 20.3 Å². The van der Waals surface area contributed by atoms with Crippen molar-refractivity contribution in [2.75, 3.05) is 20.3 Å². The molecule has 0 radical (unpaired) electrons. The first-order valence-electron chi connectivity index (χ1n) is 9.64. The van der Waals surface area contributed by atoms with E-state index < -0.39 is 0 Å². The second-order valence-corrected chi connectivity index (χ2v) is 9.70. The second-order valence-electron chi connectivity index (χ2n) is 6.58. The van der Waals surface area contributed by atoms with E-state index in [0.29, 0.717) is 45.5 Å². The minimum absolute atomic E-state index is 0.118. The molecule has 2 aromatic rings. The Labute approximate surface area is 208 Å². The van der Waals surface area contributed by atoms with Crippen LogP contribution >= 0.6 is 55.2 Å². The molecule has 0 bridgehead atoms. The summed E-state index contributed by atoms with van der Waals surface area (Å²) in [6, 6.07) is 9.21. The van der Waals surface area contributed by atoms with Crippen molar-refractivity contribution >= 4 is 78.1 Å². The molecule has 0 aromatic heterocycles. The van der Waals surface area contributed by atoms with Gasteiger partial charge in [-0.25, -0.2) is 4.99 Å². The van der Waals surface area contributed by atoms with Crippen molar-refractivity contribution < 1.29 is 14.3 Å². The number of amidine groups is 1. The molecule has 1 amide bonds. The van der Waals surface area contributed by atoms with Gasteiger partial charge in [0.2, 0.25) is 0 Å². The average molecular weight is 589 g/mol. The number of carbonyl (C=O) groups excluding carboxylic acids is 1. The van der Waals surface area contributed by atoms with Crippen molar-refractivity contribution in [1.82, 2.24) is 4.90 Å². The SMILES string of the molecule is CCCOc1c(Br)cc(/C=C2/SC(=Nc3ccc(Br)c(Cl)c3)N(C)C2=O)cc1OCC. The number of thioether (sulfide) groups is 1. The smallest absolute Gasteiger partial charge is 0.266 e. The molecule has 0 saturated carbocycles. The van der Waals surface area contributed by atoms with Gasteiger partial charge in [-0.2, -0.15) is 0 Å². The van der Waals surface area contributed by atoms with Crippen molar-refractivity contribution in [2.24, 2.45) is 4.99 Å². The molecule has 1 aliphatic heterocycles. The Morgan fingerprint density at radius 3 is 2.61 bits per heavy atom. The first kappa shape index (κ1) is 24.2. The third kappa shape index (κ3) is 5.86. The first-order chi connectivity index (χ1) is 14.8. The van der Waals surface area contributed by atoms with E-state index in [1.165, 1.54) is 16.7 Å². The highest BCUT2D eigenvalue weighted by molar-refractivity contribution is 9.10. The van der Waals surface area contributed by atoms with Crippen LogP contribution in [0.3, 0.4) is 0 Å². The van der Waals surface area contributed by atoms with E-state index in [4.69, 9.17) is 21.1 Å². The highest BCUT2D eigenvalue weighted by Crippen LogP contribution is 2.39. The van der Waals surface area contributed by atoms with Gasteiger partial charge >= 0.3 is 0 Å². The predicted molar refractivity (Wildman–Crippen MR) is 136 cm³/mol. The average Bonchev–Trinajstić information content (AvgIpc) is 2.98. The van der Waals surface area contributed by atoms with Gasteiger partial charge in [0.15, 0.2) is 16.7 Å². The Kier molecular flexibility index (Phi) is 8.50. The van der Waals surface area contributed by atoms with Crippen LogP contribution in [0, 0.1) is 0 Å². The molecule has 0 N–H and O–H groups in total. The molecule has 3 rings (SSSR count). The number of rotatable bonds is 7. The third-order valence-electron chi connectivity index (χ3n) is 4.21. The summed E-state index contributed by atoms with van der Waals surface area (Å²) in [4.78, 5) is 19.5. The predicted octanol–water partition coefficient (Wildman–Crippen LogP) is 7.29. The van der Waals surface area contributed by atoms with Crippen LogP contribution in [0.4, 0.5) is 5.69 Å². The van der Waals surface area contributed by atoms with Crippen LogP contribution in [0.15, 0.2) is 49.2 Å². The molecule has 2 aromatic carbocycles. The summed E-state index contributed by atoms with van der Waals surface area (Å²) in [6.45, 7) is 5.08. The van der Waals surface area contributed by atoms with Crippen LogP contribution < -0.4 is 9.47 Å². The van der Waals surface area contributed by atoms with E-state index in [0.717, 1.165) is 20.9 Å². The van der Waals surface area contributed by atoms with Crippen LogP contribution in [-0.2, 0) is 4.79 Å². The molecule has 0 unspecified atom stereocenters. The number of hydrogen-bond acceptors (Lipinski definition) is 5. The molecule has 0 spiro atoms. The lowest BCUT2D eigenvalue weighted by molar-refractivity contribution is -0.121. The lowest BCUT2D eigenvalue weighted by Crippen LogP contribution is -2.23. The fraction of sp³-hybridized carbons (Fsp3) is 0.273. The molecule has 1 heterocycles. The van der Waals surface area contributed by atoms with E-state index in [2.05, 4.69) is 36.9 Å². The molecule has 164 valence electrons. The van der Waals surface area contributed by atoms with E-state index in [1.807, 2.05) is 44.2 Å². The van der Waals surface area contributed by atoms with E-state index in [1.54, 1.807) is 13.1 Å². The van der Waals surface area contributed by atoms with Gasteiger partial charge in [-0.3, -0.25) is 9.69 Å². The fourth-order valence-corrected chi connectivity index (χ4v) is 4.73. The first-order valence-corrected chi connectivity index (χ1v) is 12.4. The third-order valence-corrected chi connectivity index (χ3v) is 7.09. The van der Waals surface area contributed by atoms with Gasteiger partial charge in [0.05, 0.1) is 33.3 Å². The topological polar surface area (TPSA) is 51.1 Å². The fourth-order valence-electron chi connectivity index (χ4n) is 2.75. The zero-order valence-electron chi connectivity index (χ0n) is 17.2. The normalized spacial score (nSPS) is 16.5. The van der Waals surface area contributed by atoms with Gasteiger partial charge in [0.1, 0.15) is 0 Å². The summed E-state index contributed by atoms with van der Waals surface area (Å²) in [6.07, 6.45) is 2.73. The highest BCUT2D eigenvalue weighted by atomic mass is 79.9. The maximum atomic E-state index is 12.8. The Balaban J connectivity index is 1.91. The molecular weight excluding hydrogens is 568 g/mol. The monoisotopic (exact) mass is 586 g/mol. The van der Waals surface area contributed by atoms with Crippen molar-refractivity contribution in [3.05, 3.63) is 54.8 Å². The maximum Gasteiger partial charge on any atom is 0.266 e. The molecule has 1 aliphatic rings. The molecule has 1 fully saturated rings. The van der Waals surface area contributed by atoms with Gasteiger partial charge in [-0.15, -0.1) is 0 Å². The summed E-state index contributed by atoms with van der Waals surface area (Å²) in [5.74, 6) is 1.19. The largest absolute Gasteiger partial charge is 0.490 e. The van der Waals surface area contributed by atoms with Crippen LogP contribution in [0.2, 0.25) is 5.02 Å². The molecule has 5 nitrogen and oxygen atoms in total. The molecule has 31 heavy (non-hydrogen) atoms. The lowest BCUT2D eigenvalue weighted by Gasteiger charge is -2.14. The zero-order valence-corrected chi connectivity index (χ0v) is 22.0.